The van der Waals surface area contributed by atoms with Gasteiger partial charge in [0.15, 0.2) is 0 Å². The van der Waals surface area contributed by atoms with Gasteiger partial charge >= 0.3 is 0 Å². The molecule has 1 saturated carbocycles. The van der Waals surface area contributed by atoms with Crippen molar-refractivity contribution in [3.63, 3.8) is 0 Å². The van der Waals surface area contributed by atoms with Gasteiger partial charge in [0.25, 0.3) is 0 Å². The summed E-state index contributed by atoms with van der Waals surface area (Å²) in [5.41, 5.74) is 2.27. The Kier molecular flexibility index (Phi) is 6.02. The predicted octanol–water partition coefficient (Wildman–Crippen LogP) is 3.11. The maximum atomic E-state index is 10.3. The van der Waals surface area contributed by atoms with Crippen molar-refractivity contribution in [2.75, 3.05) is 20.3 Å². The summed E-state index contributed by atoms with van der Waals surface area (Å²) in [5, 5.41) is 10.3. The van der Waals surface area contributed by atoms with E-state index in [1.807, 2.05) is 19.1 Å². The highest BCUT2D eigenvalue weighted by Crippen LogP contribution is 2.36. The molecule has 0 saturated heterocycles. The third kappa shape index (κ3) is 4.30. The van der Waals surface area contributed by atoms with Crippen molar-refractivity contribution < 1.29 is 14.6 Å². The minimum atomic E-state index is -0.348. The average Bonchev–Trinajstić information content (AvgIpc) is 2.43. The Labute approximate surface area is 121 Å². The van der Waals surface area contributed by atoms with E-state index in [4.69, 9.17) is 9.47 Å². The van der Waals surface area contributed by atoms with Crippen LogP contribution in [-0.2, 0) is 15.9 Å². The lowest BCUT2D eigenvalue weighted by Crippen LogP contribution is -2.32. The van der Waals surface area contributed by atoms with E-state index in [1.54, 1.807) is 7.11 Å². The van der Waals surface area contributed by atoms with Crippen LogP contribution in [0.5, 0.6) is 0 Å². The topological polar surface area (TPSA) is 38.7 Å². The third-order valence-corrected chi connectivity index (χ3v) is 4.11. The van der Waals surface area contributed by atoms with Crippen LogP contribution in [0.3, 0.4) is 0 Å². The molecule has 0 radical (unpaired) electrons. The van der Waals surface area contributed by atoms with Gasteiger partial charge in [-0.3, -0.25) is 0 Å². The zero-order valence-electron chi connectivity index (χ0n) is 12.5. The molecule has 3 nitrogen and oxygen atoms in total. The molecular formula is C17H26O3. The Bertz CT molecular complexity index is 382. The van der Waals surface area contributed by atoms with Crippen molar-refractivity contribution in [2.45, 2.75) is 44.8 Å². The molecule has 1 atom stereocenters. The van der Waals surface area contributed by atoms with Gasteiger partial charge in [-0.2, -0.15) is 0 Å². The van der Waals surface area contributed by atoms with Crippen molar-refractivity contribution in [1.82, 2.24) is 0 Å². The molecule has 2 rings (SSSR count). The number of benzene rings is 1. The number of ether oxygens (including phenoxy) is 2. The fraction of sp³-hybridized carbons (Fsp3) is 0.647. The highest BCUT2D eigenvalue weighted by Gasteiger charge is 2.31. The van der Waals surface area contributed by atoms with E-state index in [9.17, 15) is 5.11 Å². The SMILES string of the molecule is CCOC1CC(CC(O)c2ccc(CCOC)cc2)C1. The van der Waals surface area contributed by atoms with Gasteiger partial charge in [0.05, 0.1) is 18.8 Å². The van der Waals surface area contributed by atoms with Gasteiger partial charge < -0.3 is 14.6 Å². The number of hydrogen-bond donors (Lipinski definition) is 1. The molecule has 1 N–H and O–H groups in total. The molecule has 1 aromatic carbocycles. The minimum Gasteiger partial charge on any atom is -0.388 e. The normalized spacial score (nSPS) is 23.4. The maximum Gasteiger partial charge on any atom is 0.0792 e. The molecule has 1 unspecified atom stereocenters. The first-order valence-corrected chi connectivity index (χ1v) is 7.60. The van der Waals surface area contributed by atoms with Crippen molar-refractivity contribution >= 4 is 0 Å². The van der Waals surface area contributed by atoms with Crippen LogP contribution in [0.2, 0.25) is 0 Å². The van der Waals surface area contributed by atoms with Gasteiger partial charge in [-0.05, 0) is 49.7 Å². The summed E-state index contributed by atoms with van der Waals surface area (Å²) >= 11 is 0. The largest absolute Gasteiger partial charge is 0.388 e. The van der Waals surface area contributed by atoms with Gasteiger partial charge in [-0.1, -0.05) is 24.3 Å². The number of methoxy groups -OCH3 is 1. The molecule has 0 aliphatic heterocycles. The molecule has 0 heterocycles. The standard InChI is InChI=1S/C17H26O3/c1-3-20-16-10-14(11-16)12-17(18)15-6-4-13(5-7-15)8-9-19-2/h4-7,14,16-18H,3,8-12H2,1-2H3. The minimum absolute atomic E-state index is 0.348. The number of aliphatic hydroxyl groups is 1. The maximum absolute atomic E-state index is 10.3. The average molecular weight is 278 g/mol. The summed E-state index contributed by atoms with van der Waals surface area (Å²) in [7, 11) is 1.71. The molecule has 20 heavy (non-hydrogen) atoms. The van der Waals surface area contributed by atoms with Crippen molar-refractivity contribution in [3.8, 4) is 0 Å². The van der Waals surface area contributed by atoms with E-state index in [0.29, 0.717) is 12.0 Å². The number of aliphatic hydroxyl groups excluding tert-OH is 1. The van der Waals surface area contributed by atoms with Crippen LogP contribution < -0.4 is 0 Å². The zero-order chi connectivity index (χ0) is 14.4. The Morgan fingerprint density at radius 1 is 1.25 bits per heavy atom. The monoisotopic (exact) mass is 278 g/mol. The van der Waals surface area contributed by atoms with Crippen LogP contribution >= 0.6 is 0 Å². The second-order valence-corrected chi connectivity index (χ2v) is 5.65. The molecular weight excluding hydrogens is 252 g/mol. The van der Waals surface area contributed by atoms with E-state index in [1.165, 1.54) is 5.56 Å². The van der Waals surface area contributed by atoms with Crippen LogP contribution in [0.4, 0.5) is 0 Å². The Morgan fingerprint density at radius 2 is 1.95 bits per heavy atom. The van der Waals surface area contributed by atoms with Crippen LogP contribution in [0, 0.1) is 5.92 Å². The Morgan fingerprint density at radius 3 is 2.55 bits per heavy atom. The second-order valence-electron chi connectivity index (χ2n) is 5.65. The van der Waals surface area contributed by atoms with Crippen LogP contribution in [0.1, 0.15) is 43.4 Å². The fourth-order valence-corrected chi connectivity index (χ4v) is 2.82. The highest BCUT2D eigenvalue weighted by atomic mass is 16.5. The molecule has 1 fully saturated rings. The second kappa shape index (κ2) is 7.77. The van der Waals surface area contributed by atoms with Gasteiger partial charge in [0.2, 0.25) is 0 Å². The summed E-state index contributed by atoms with van der Waals surface area (Å²) in [6.07, 6.45) is 4.04. The van der Waals surface area contributed by atoms with Crippen LogP contribution in [0.25, 0.3) is 0 Å². The van der Waals surface area contributed by atoms with Crippen LogP contribution in [-0.4, -0.2) is 31.5 Å². The zero-order valence-corrected chi connectivity index (χ0v) is 12.5. The number of hydrogen-bond acceptors (Lipinski definition) is 3. The lowest BCUT2D eigenvalue weighted by Gasteiger charge is -2.36. The van der Waals surface area contributed by atoms with Crippen molar-refractivity contribution in [2.24, 2.45) is 5.92 Å². The van der Waals surface area contributed by atoms with E-state index in [2.05, 4.69) is 12.1 Å². The first-order valence-electron chi connectivity index (χ1n) is 7.60. The van der Waals surface area contributed by atoms with E-state index in [-0.39, 0.29) is 6.10 Å². The molecule has 1 aromatic rings. The summed E-state index contributed by atoms with van der Waals surface area (Å²) in [5.74, 6) is 0.606. The van der Waals surface area contributed by atoms with Crippen molar-refractivity contribution in [3.05, 3.63) is 35.4 Å². The van der Waals surface area contributed by atoms with Gasteiger partial charge in [0.1, 0.15) is 0 Å². The molecule has 0 spiro atoms. The molecule has 0 aromatic heterocycles. The summed E-state index contributed by atoms with van der Waals surface area (Å²) in [6, 6.07) is 8.24. The Balaban J connectivity index is 1.76. The quantitative estimate of drug-likeness (QED) is 0.794. The molecule has 112 valence electrons. The summed E-state index contributed by atoms with van der Waals surface area (Å²) < 4.78 is 10.6. The highest BCUT2D eigenvalue weighted by molar-refractivity contribution is 5.24. The summed E-state index contributed by atoms with van der Waals surface area (Å²) in [4.78, 5) is 0. The first kappa shape index (κ1) is 15.5. The first-order chi connectivity index (χ1) is 9.72. The lowest BCUT2D eigenvalue weighted by atomic mass is 9.78. The molecule has 0 bridgehead atoms. The molecule has 1 aliphatic rings. The third-order valence-electron chi connectivity index (χ3n) is 4.11. The molecule has 3 heteroatoms. The van der Waals surface area contributed by atoms with Crippen LogP contribution in [0.15, 0.2) is 24.3 Å². The predicted molar refractivity (Wildman–Crippen MR) is 79.7 cm³/mol. The number of rotatable bonds is 8. The molecule has 0 amide bonds. The van der Waals surface area contributed by atoms with E-state index >= 15 is 0 Å². The van der Waals surface area contributed by atoms with E-state index in [0.717, 1.165) is 44.5 Å². The van der Waals surface area contributed by atoms with Gasteiger partial charge in [0, 0.05) is 13.7 Å². The van der Waals surface area contributed by atoms with Gasteiger partial charge in [-0.15, -0.1) is 0 Å². The Hall–Kier alpha value is -0.900. The van der Waals surface area contributed by atoms with Crippen molar-refractivity contribution in [1.29, 1.82) is 0 Å². The lowest BCUT2D eigenvalue weighted by molar-refractivity contribution is -0.0380. The fourth-order valence-electron chi connectivity index (χ4n) is 2.82. The summed E-state index contributed by atoms with van der Waals surface area (Å²) in [6.45, 7) is 3.57. The molecule has 1 aliphatic carbocycles. The van der Waals surface area contributed by atoms with Gasteiger partial charge in [-0.25, -0.2) is 0 Å². The van der Waals surface area contributed by atoms with E-state index < -0.39 is 0 Å². The smallest absolute Gasteiger partial charge is 0.0792 e.